The van der Waals surface area contributed by atoms with Crippen molar-refractivity contribution in [3.63, 3.8) is 0 Å². The fourth-order valence-electron chi connectivity index (χ4n) is 3.01. The van der Waals surface area contributed by atoms with Crippen LogP contribution in [-0.2, 0) is 6.54 Å². The van der Waals surface area contributed by atoms with E-state index in [1.165, 1.54) is 0 Å². The Morgan fingerprint density at radius 1 is 1.04 bits per heavy atom. The normalized spacial score (nSPS) is 13.3. The molecule has 0 saturated heterocycles. The molecular formula is C22H18N2O2. The zero-order chi connectivity index (χ0) is 18.1. The largest absolute Gasteiger partial charge is 0.349 e. The summed E-state index contributed by atoms with van der Waals surface area (Å²) in [4.78, 5) is 24.8. The minimum absolute atomic E-state index is 0.0641. The summed E-state index contributed by atoms with van der Waals surface area (Å²) in [6.07, 6.45) is 9.40. The molecule has 1 amide bonds. The smallest absolute Gasteiger partial charge is 0.251 e. The lowest BCUT2D eigenvalue weighted by atomic mass is 10.0. The first kappa shape index (κ1) is 16.2. The first-order valence-electron chi connectivity index (χ1n) is 8.64. The highest BCUT2D eigenvalue weighted by molar-refractivity contribution is 6.11. The molecule has 0 spiro atoms. The van der Waals surface area contributed by atoms with Crippen LogP contribution in [0.25, 0.3) is 10.9 Å². The lowest BCUT2D eigenvalue weighted by Gasteiger charge is -2.06. The van der Waals surface area contributed by atoms with Crippen LogP contribution in [0.2, 0.25) is 0 Å². The zero-order valence-corrected chi connectivity index (χ0v) is 14.2. The summed E-state index contributed by atoms with van der Waals surface area (Å²) < 4.78 is 1.97. The van der Waals surface area contributed by atoms with Gasteiger partial charge < -0.3 is 9.88 Å². The Labute approximate surface area is 151 Å². The zero-order valence-electron chi connectivity index (χ0n) is 14.2. The molecule has 2 aromatic carbocycles. The minimum Gasteiger partial charge on any atom is -0.349 e. The van der Waals surface area contributed by atoms with Gasteiger partial charge in [0.1, 0.15) is 0 Å². The maximum absolute atomic E-state index is 12.8. The van der Waals surface area contributed by atoms with E-state index in [-0.39, 0.29) is 11.7 Å². The second kappa shape index (κ2) is 6.53. The maximum Gasteiger partial charge on any atom is 0.251 e. The van der Waals surface area contributed by atoms with Crippen LogP contribution >= 0.6 is 0 Å². The molecule has 4 rings (SSSR count). The van der Waals surface area contributed by atoms with Gasteiger partial charge >= 0.3 is 0 Å². The van der Waals surface area contributed by atoms with Gasteiger partial charge in [0.15, 0.2) is 5.78 Å². The second-order valence-electron chi connectivity index (χ2n) is 6.58. The number of rotatable bonds is 5. The molecule has 3 aromatic rings. The van der Waals surface area contributed by atoms with E-state index in [0.717, 1.165) is 23.7 Å². The van der Waals surface area contributed by atoms with Crippen LogP contribution in [0.4, 0.5) is 0 Å². The van der Waals surface area contributed by atoms with Crippen molar-refractivity contribution in [2.45, 2.75) is 25.4 Å². The Balaban J connectivity index is 1.56. The molecule has 1 N–H and O–H groups in total. The van der Waals surface area contributed by atoms with Gasteiger partial charge in [-0.1, -0.05) is 18.1 Å². The van der Waals surface area contributed by atoms with Gasteiger partial charge in [-0.15, -0.1) is 6.42 Å². The summed E-state index contributed by atoms with van der Waals surface area (Å²) in [5, 5.41) is 3.92. The van der Waals surface area contributed by atoms with E-state index in [0.29, 0.717) is 29.3 Å². The summed E-state index contributed by atoms with van der Waals surface area (Å²) in [6, 6.07) is 14.7. The predicted octanol–water partition coefficient (Wildman–Crippen LogP) is 3.40. The third-order valence-corrected chi connectivity index (χ3v) is 4.62. The van der Waals surface area contributed by atoms with E-state index in [9.17, 15) is 9.59 Å². The SMILES string of the molecule is C#CCn1ccc2cc(C(=O)c3ccc(C(=O)NC4CC4)cc3)ccc21. The average Bonchev–Trinajstić information content (AvgIpc) is 3.40. The number of hydrogen-bond donors (Lipinski definition) is 1. The van der Waals surface area contributed by atoms with Crippen molar-refractivity contribution in [2.75, 3.05) is 0 Å². The van der Waals surface area contributed by atoms with Crippen molar-refractivity contribution in [1.82, 2.24) is 9.88 Å². The number of carbonyl (C=O) groups is 2. The van der Waals surface area contributed by atoms with E-state index in [1.54, 1.807) is 24.3 Å². The molecule has 0 radical (unpaired) electrons. The summed E-state index contributed by atoms with van der Waals surface area (Å²) in [7, 11) is 0. The Hall–Kier alpha value is -3.32. The van der Waals surface area contributed by atoms with Crippen molar-refractivity contribution >= 4 is 22.6 Å². The van der Waals surface area contributed by atoms with Gasteiger partial charge in [-0.05, 0) is 49.2 Å². The highest BCUT2D eigenvalue weighted by Crippen LogP contribution is 2.21. The van der Waals surface area contributed by atoms with Crippen LogP contribution < -0.4 is 5.32 Å². The Morgan fingerprint density at radius 3 is 2.42 bits per heavy atom. The van der Waals surface area contributed by atoms with Gasteiger partial charge in [-0.2, -0.15) is 0 Å². The molecule has 4 heteroatoms. The molecule has 1 saturated carbocycles. The Kier molecular flexibility index (Phi) is 4.06. The molecule has 1 aliphatic carbocycles. The van der Waals surface area contributed by atoms with Gasteiger partial charge in [-0.3, -0.25) is 9.59 Å². The minimum atomic E-state index is -0.0808. The number of aromatic nitrogens is 1. The Bertz CT molecular complexity index is 1030. The van der Waals surface area contributed by atoms with Crippen LogP contribution in [0.1, 0.15) is 39.1 Å². The van der Waals surface area contributed by atoms with Gasteiger partial charge in [0.05, 0.1) is 6.54 Å². The highest BCUT2D eigenvalue weighted by atomic mass is 16.1. The number of fused-ring (bicyclic) bond motifs is 1. The number of ketones is 1. The summed E-state index contributed by atoms with van der Waals surface area (Å²) in [6.45, 7) is 0.501. The number of carbonyl (C=O) groups excluding carboxylic acids is 2. The van der Waals surface area contributed by atoms with E-state index in [2.05, 4.69) is 11.2 Å². The van der Waals surface area contributed by atoms with E-state index < -0.39 is 0 Å². The summed E-state index contributed by atoms with van der Waals surface area (Å²) >= 11 is 0. The molecule has 26 heavy (non-hydrogen) atoms. The molecule has 1 fully saturated rings. The van der Waals surface area contributed by atoms with E-state index >= 15 is 0 Å². The van der Waals surface area contributed by atoms with Crippen LogP contribution in [-0.4, -0.2) is 22.3 Å². The van der Waals surface area contributed by atoms with Gasteiger partial charge in [-0.25, -0.2) is 0 Å². The number of benzene rings is 2. The van der Waals surface area contributed by atoms with Crippen LogP contribution in [0, 0.1) is 12.3 Å². The number of amides is 1. The molecule has 0 aliphatic heterocycles. The molecule has 4 nitrogen and oxygen atoms in total. The van der Waals surface area contributed by atoms with Crippen molar-refractivity contribution in [2.24, 2.45) is 0 Å². The second-order valence-corrected chi connectivity index (χ2v) is 6.58. The predicted molar refractivity (Wildman–Crippen MR) is 101 cm³/mol. The van der Waals surface area contributed by atoms with E-state index in [1.807, 2.05) is 35.0 Å². The number of nitrogens with one attached hydrogen (secondary N) is 1. The lowest BCUT2D eigenvalue weighted by Crippen LogP contribution is -2.25. The number of nitrogens with zero attached hydrogens (tertiary/aromatic N) is 1. The molecule has 0 bridgehead atoms. The quantitative estimate of drug-likeness (QED) is 0.571. The van der Waals surface area contributed by atoms with Crippen LogP contribution in [0.3, 0.4) is 0 Å². The monoisotopic (exact) mass is 342 g/mol. The fraction of sp³-hybridized carbons (Fsp3) is 0.182. The first-order valence-corrected chi connectivity index (χ1v) is 8.64. The molecule has 0 unspecified atom stereocenters. The fourth-order valence-corrected chi connectivity index (χ4v) is 3.01. The number of hydrogen-bond acceptors (Lipinski definition) is 2. The molecule has 1 aliphatic rings. The van der Waals surface area contributed by atoms with Gasteiger partial charge in [0.2, 0.25) is 0 Å². The van der Waals surface area contributed by atoms with Crippen molar-refractivity contribution in [3.8, 4) is 12.3 Å². The summed E-state index contributed by atoms with van der Waals surface area (Å²) in [5.41, 5.74) is 2.77. The van der Waals surface area contributed by atoms with Gasteiger partial charge in [0.25, 0.3) is 5.91 Å². The number of terminal acetylenes is 1. The van der Waals surface area contributed by atoms with Gasteiger partial charge in [0, 0.05) is 39.8 Å². The van der Waals surface area contributed by atoms with Crippen molar-refractivity contribution in [1.29, 1.82) is 0 Å². The first-order chi connectivity index (χ1) is 12.7. The third-order valence-electron chi connectivity index (χ3n) is 4.62. The third kappa shape index (κ3) is 3.12. The maximum atomic E-state index is 12.8. The van der Waals surface area contributed by atoms with Crippen molar-refractivity contribution < 1.29 is 9.59 Å². The van der Waals surface area contributed by atoms with Crippen molar-refractivity contribution in [3.05, 3.63) is 71.4 Å². The molecule has 128 valence electrons. The van der Waals surface area contributed by atoms with Crippen LogP contribution in [0.15, 0.2) is 54.7 Å². The summed E-state index contributed by atoms with van der Waals surface area (Å²) in [5.74, 6) is 2.47. The topological polar surface area (TPSA) is 51.1 Å². The highest BCUT2D eigenvalue weighted by Gasteiger charge is 2.23. The Morgan fingerprint density at radius 2 is 1.73 bits per heavy atom. The molecule has 1 heterocycles. The standard InChI is InChI=1S/C22H18N2O2/c1-2-12-24-13-11-17-14-18(7-10-20(17)24)21(25)15-3-5-16(6-4-15)22(26)23-19-8-9-19/h1,3-7,10-11,13-14,19H,8-9,12H2,(H,23,26). The molecule has 1 aromatic heterocycles. The van der Waals surface area contributed by atoms with Crippen LogP contribution in [0.5, 0.6) is 0 Å². The molecular weight excluding hydrogens is 324 g/mol. The lowest BCUT2D eigenvalue weighted by molar-refractivity contribution is 0.0949. The molecule has 0 atom stereocenters. The average molecular weight is 342 g/mol. The van der Waals surface area contributed by atoms with E-state index in [4.69, 9.17) is 6.42 Å².